The van der Waals surface area contributed by atoms with E-state index < -0.39 is 0 Å². The van der Waals surface area contributed by atoms with Gasteiger partial charge in [0.25, 0.3) is 0 Å². The first kappa shape index (κ1) is 13.4. The van der Waals surface area contributed by atoms with Crippen LogP contribution in [0.2, 0.25) is 0 Å². The van der Waals surface area contributed by atoms with Crippen molar-refractivity contribution in [3.05, 3.63) is 59.2 Å². The van der Waals surface area contributed by atoms with E-state index in [4.69, 9.17) is 15.2 Å². The molecule has 0 heterocycles. The van der Waals surface area contributed by atoms with Crippen LogP contribution in [0, 0.1) is 6.92 Å². The van der Waals surface area contributed by atoms with Crippen molar-refractivity contribution in [2.45, 2.75) is 13.3 Å². The minimum atomic E-state index is 0.233. The van der Waals surface area contributed by atoms with Gasteiger partial charge in [0, 0.05) is 18.9 Å². The van der Waals surface area contributed by atoms with Crippen molar-refractivity contribution in [1.82, 2.24) is 0 Å². The number of rotatable bonds is 5. The highest BCUT2D eigenvalue weighted by Crippen LogP contribution is 2.23. The predicted octanol–water partition coefficient (Wildman–Crippen LogP) is 3.15. The van der Waals surface area contributed by atoms with Crippen molar-refractivity contribution in [2.24, 2.45) is 0 Å². The summed E-state index contributed by atoms with van der Waals surface area (Å²) in [5.41, 5.74) is 10.5. The number of aryl methyl sites for hydroxylation is 1. The zero-order valence-electron chi connectivity index (χ0n) is 11.3. The molecule has 0 bridgehead atoms. The molecule has 0 saturated carbocycles. The van der Waals surface area contributed by atoms with Gasteiger partial charge in [0.2, 0.25) is 0 Å². The number of anilines is 1. The maximum Gasteiger partial charge on any atom is 0.188 e. The first-order chi connectivity index (χ1) is 9.20. The van der Waals surface area contributed by atoms with Gasteiger partial charge in [-0.3, -0.25) is 0 Å². The van der Waals surface area contributed by atoms with Gasteiger partial charge in [-0.05, 0) is 36.1 Å². The summed E-state index contributed by atoms with van der Waals surface area (Å²) in [5, 5.41) is 0. The monoisotopic (exact) mass is 257 g/mol. The van der Waals surface area contributed by atoms with Crippen LogP contribution in [-0.2, 0) is 11.2 Å². The lowest BCUT2D eigenvalue weighted by Gasteiger charge is -2.11. The molecule has 100 valence electrons. The molecular weight excluding hydrogens is 238 g/mol. The van der Waals surface area contributed by atoms with Crippen LogP contribution in [-0.4, -0.2) is 13.9 Å². The van der Waals surface area contributed by atoms with Crippen LogP contribution < -0.4 is 10.5 Å². The fraction of sp³-hybridized carbons (Fsp3) is 0.250. The van der Waals surface area contributed by atoms with Gasteiger partial charge < -0.3 is 15.2 Å². The van der Waals surface area contributed by atoms with Crippen LogP contribution >= 0.6 is 0 Å². The van der Waals surface area contributed by atoms with Crippen LogP contribution in [0.15, 0.2) is 42.5 Å². The normalized spacial score (nSPS) is 10.4. The second-order valence-electron chi connectivity index (χ2n) is 4.51. The van der Waals surface area contributed by atoms with Crippen molar-refractivity contribution >= 4 is 5.69 Å². The molecule has 2 aromatic rings. The Labute approximate surface area is 114 Å². The molecule has 0 aliphatic rings. The Bertz CT molecular complexity index is 552. The van der Waals surface area contributed by atoms with Crippen LogP contribution in [0.25, 0.3) is 0 Å². The van der Waals surface area contributed by atoms with Crippen molar-refractivity contribution < 1.29 is 9.47 Å². The molecule has 0 fully saturated rings. The highest BCUT2D eigenvalue weighted by atomic mass is 16.7. The average Bonchev–Trinajstić information content (AvgIpc) is 2.41. The zero-order valence-corrected chi connectivity index (χ0v) is 11.3. The van der Waals surface area contributed by atoms with Crippen LogP contribution in [0.4, 0.5) is 5.69 Å². The molecule has 19 heavy (non-hydrogen) atoms. The molecule has 2 N–H and O–H groups in total. The van der Waals surface area contributed by atoms with Gasteiger partial charge in [-0.15, -0.1) is 0 Å². The Balaban J connectivity index is 2.15. The first-order valence-electron chi connectivity index (χ1n) is 6.25. The summed E-state index contributed by atoms with van der Waals surface area (Å²) in [5.74, 6) is 0.730. The van der Waals surface area contributed by atoms with Gasteiger partial charge in [-0.2, -0.15) is 0 Å². The van der Waals surface area contributed by atoms with E-state index in [9.17, 15) is 0 Å². The minimum absolute atomic E-state index is 0.233. The molecule has 3 nitrogen and oxygen atoms in total. The van der Waals surface area contributed by atoms with E-state index in [1.807, 2.05) is 24.3 Å². The number of methoxy groups -OCH3 is 1. The molecule has 2 rings (SSSR count). The maximum absolute atomic E-state index is 6.07. The molecule has 0 aliphatic heterocycles. The van der Waals surface area contributed by atoms with Crippen molar-refractivity contribution in [1.29, 1.82) is 0 Å². The third kappa shape index (κ3) is 3.48. The van der Waals surface area contributed by atoms with E-state index in [0.29, 0.717) is 0 Å². The van der Waals surface area contributed by atoms with Crippen molar-refractivity contribution in [2.75, 3.05) is 19.6 Å². The van der Waals surface area contributed by atoms with E-state index in [2.05, 4.69) is 25.1 Å². The number of hydrogen-bond acceptors (Lipinski definition) is 3. The Morgan fingerprint density at radius 3 is 2.53 bits per heavy atom. The molecule has 2 aromatic carbocycles. The number of nitrogen functional groups attached to an aromatic ring is 1. The molecule has 0 radical (unpaired) electrons. The fourth-order valence-electron chi connectivity index (χ4n) is 1.96. The highest BCUT2D eigenvalue weighted by molar-refractivity contribution is 5.53. The first-order valence-corrected chi connectivity index (χ1v) is 6.25. The minimum Gasteiger partial charge on any atom is -0.467 e. The average molecular weight is 257 g/mol. The number of ether oxygens (including phenoxy) is 2. The highest BCUT2D eigenvalue weighted by Gasteiger charge is 2.05. The quantitative estimate of drug-likeness (QED) is 0.661. The lowest BCUT2D eigenvalue weighted by atomic mass is 9.99. The molecular formula is C16H19NO2. The Morgan fingerprint density at radius 1 is 1.05 bits per heavy atom. The summed E-state index contributed by atoms with van der Waals surface area (Å²) in [4.78, 5) is 0. The van der Waals surface area contributed by atoms with Crippen molar-refractivity contribution in [3.8, 4) is 5.75 Å². The van der Waals surface area contributed by atoms with E-state index in [1.54, 1.807) is 7.11 Å². The summed E-state index contributed by atoms with van der Waals surface area (Å²) in [6.07, 6.45) is 0.836. The molecule has 0 saturated heterocycles. The SMILES string of the molecule is COCOc1ccc(Cc2ccccc2C)c(N)c1. The predicted molar refractivity (Wildman–Crippen MR) is 77.3 cm³/mol. The van der Waals surface area contributed by atoms with Crippen LogP contribution in [0.5, 0.6) is 5.75 Å². The third-order valence-electron chi connectivity index (χ3n) is 3.10. The third-order valence-corrected chi connectivity index (χ3v) is 3.10. The maximum atomic E-state index is 6.07. The lowest BCUT2D eigenvalue weighted by Crippen LogP contribution is -2.01. The zero-order chi connectivity index (χ0) is 13.7. The summed E-state index contributed by atoms with van der Waals surface area (Å²) in [6.45, 7) is 2.35. The van der Waals surface area contributed by atoms with E-state index in [1.165, 1.54) is 11.1 Å². The van der Waals surface area contributed by atoms with Crippen molar-refractivity contribution in [3.63, 3.8) is 0 Å². The molecule has 3 heteroatoms. The fourth-order valence-corrected chi connectivity index (χ4v) is 1.96. The van der Waals surface area contributed by atoms with Crippen LogP contribution in [0.1, 0.15) is 16.7 Å². The van der Waals surface area contributed by atoms with E-state index >= 15 is 0 Å². The number of benzene rings is 2. The lowest BCUT2D eigenvalue weighted by molar-refractivity contribution is 0.0511. The molecule has 0 atom stereocenters. The smallest absolute Gasteiger partial charge is 0.188 e. The molecule has 0 unspecified atom stereocenters. The summed E-state index contributed by atoms with van der Waals surface area (Å²) >= 11 is 0. The van der Waals surface area contributed by atoms with Gasteiger partial charge in [0.05, 0.1) is 0 Å². The summed E-state index contributed by atoms with van der Waals surface area (Å²) in [6, 6.07) is 14.1. The van der Waals surface area contributed by atoms with Gasteiger partial charge in [0.1, 0.15) is 5.75 Å². The van der Waals surface area contributed by atoms with Crippen LogP contribution in [0.3, 0.4) is 0 Å². The van der Waals surface area contributed by atoms with E-state index in [0.717, 1.165) is 23.4 Å². The molecule has 0 spiro atoms. The summed E-state index contributed by atoms with van der Waals surface area (Å²) in [7, 11) is 1.59. The molecule has 0 aromatic heterocycles. The summed E-state index contributed by atoms with van der Waals surface area (Å²) < 4.78 is 10.2. The van der Waals surface area contributed by atoms with Gasteiger partial charge in [-0.25, -0.2) is 0 Å². The standard InChI is InChI=1S/C16H19NO2/c1-12-5-3-4-6-13(12)9-14-7-8-15(10-16(14)17)19-11-18-2/h3-8,10H,9,11,17H2,1-2H3. The largest absolute Gasteiger partial charge is 0.467 e. The number of nitrogens with two attached hydrogens (primary N) is 1. The van der Waals surface area contributed by atoms with Gasteiger partial charge >= 0.3 is 0 Å². The Morgan fingerprint density at radius 2 is 1.84 bits per heavy atom. The van der Waals surface area contributed by atoms with Gasteiger partial charge in [0.15, 0.2) is 6.79 Å². The Kier molecular flexibility index (Phi) is 4.42. The topological polar surface area (TPSA) is 44.5 Å². The second-order valence-corrected chi connectivity index (χ2v) is 4.51. The second kappa shape index (κ2) is 6.25. The molecule has 0 amide bonds. The van der Waals surface area contributed by atoms with Gasteiger partial charge in [-0.1, -0.05) is 30.3 Å². The van der Waals surface area contributed by atoms with E-state index in [-0.39, 0.29) is 6.79 Å². The molecule has 0 aliphatic carbocycles. The Hall–Kier alpha value is -2.00. The number of hydrogen-bond donors (Lipinski definition) is 1.